The Morgan fingerprint density at radius 1 is 1.10 bits per heavy atom. The lowest BCUT2D eigenvalue weighted by Gasteiger charge is -2.40. The summed E-state index contributed by atoms with van der Waals surface area (Å²) in [7, 11) is 0. The zero-order valence-electron chi connectivity index (χ0n) is 15.6. The lowest BCUT2D eigenvalue weighted by atomic mass is 9.89. The molecule has 0 fully saturated rings. The van der Waals surface area contributed by atoms with E-state index in [1.165, 1.54) is 29.2 Å². The van der Waals surface area contributed by atoms with Gasteiger partial charge in [0.25, 0.3) is 11.8 Å². The molecule has 2 heterocycles. The van der Waals surface area contributed by atoms with Crippen molar-refractivity contribution in [2.24, 2.45) is 0 Å². The maximum Gasteiger partial charge on any atom is 0.294 e. The number of amides is 2. The summed E-state index contributed by atoms with van der Waals surface area (Å²) in [6.07, 6.45) is 1.77. The average molecular weight is 411 g/mol. The third-order valence-corrected chi connectivity index (χ3v) is 5.32. The molecule has 7 heteroatoms. The molecule has 0 unspecified atom stereocenters. The number of rotatable bonds is 3. The Hall–Kier alpha value is -3.25. The van der Waals surface area contributed by atoms with Gasteiger partial charge in [-0.2, -0.15) is 4.57 Å². The van der Waals surface area contributed by atoms with Crippen LogP contribution in [0.1, 0.15) is 12.6 Å². The first kappa shape index (κ1) is 19.1. The number of pyridine rings is 1. The zero-order chi connectivity index (χ0) is 20.6. The van der Waals surface area contributed by atoms with Crippen LogP contribution in [-0.4, -0.2) is 11.8 Å². The number of anilines is 2. The van der Waals surface area contributed by atoms with E-state index < -0.39 is 17.3 Å². The SMILES string of the molecule is C[C@@]1(C(=O)Nc2ccc(Cl)cc2)c2cccc[n+]2CC(=O)N1c1ccc(F)cc1. The molecule has 5 nitrogen and oxygen atoms in total. The first-order valence-corrected chi connectivity index (χ1v) is 9.42. The number of nitrogens with one attached hydrogen (secondary N) is 1. The largest absolute Gasteiger partial charge is 0.324 e. The van der Waals surface area contributed by atoms with Crippen LogP contribution < -0.4 is 14.8 Å². The van der Waals surface area contributed by atoms with Gasteiger partial charge in [-0.1, -0.05) is 17.7 Å². The van der Waals surface area contributed by atoms with Crippen molar-refractivity contribution < 1.29 is 18.5 Å². The van der Waals surface area contributed by atoms with Crippen molar-refractivity contribution in [3.63, 3.8) is 0 Å². The van der Waals surface area contributed by atoms with Crippen LogP contribution in [0.15, 0.2) is 72.9 Å². The topological polar surface area (TPSA) is 53.3 Å². The van der Waals surface area contributed by atoms with Crippen molar-refractivity contribution in [1.82, 2.24) is 0 Å². The van der Waals surface area contributed by atoms with Gasteiger partial charge in [-0.15, -0.1) is 0 Å². The second-order valence-electron chi connectivity index (χ2n) is 6.95. The molecule has 0 saturated heterocycles. The number of hydrogen-bond acceptors (Lipinski definition) is 2. The molecular formula is C22H18ClFN3O2+. The van der Waals surface area contributed by atoms with E-state index in [0.717, 1.165) is 0 Å². The van der Waals surface area contributed by atoms with Crippen molar-refractivity contribution in [1.29, 1.82) is 0 Å². The molecule has 0 bridgehead atoms. The van der Waals surface area contributed by atoms with Crippen LogP contribution in [-0.2, 0) is 21.7 Å². The van der Waals surface area contributed by atoms with Crippen molar-refractivity contribution in [3.05, 3.63) is 89.5 Å². The Morgan fingerprint density at radius 2 is 1.79 bits per heavy atom. The third kappa shape index (κ3) is 3.36. The minimum atomic E-state index is -1.35. The number of aromatic nitrogens is 1. The molecule has 146 valence electrons. The van der Waals surface area contributed by atoms with E-state index in [4.69, 9.17) is 11.6 Å². The van der Waals surface area contributed by atoms with Gasteiger partial charge in [0, 0.05) is 28.5 Å². The molecular weight excluding hydrogens is 393 g/mol. The predicted octanol–water partition coefficient (Wildman–Crippen LogP) is 3.67. The smallest absolute Gasteiger partial charge is 0.294 e. The Kier molecular flexibility index (Phi) is 4.80. The normalized spacial score (nSPS) is 18.3. The average Bonchev–Trinajstić information content (AvgIpc) is 2.71. The van der Waals surface area contributed by atoms with Crippen molar-refractivity contribution in [3.8, 4) is 0 Å². The van der Waals surface area contributed by atoms with E-state index in [1.807, 2.05) is 18.2 Å². The highest BCUT2D eigenvalue weighted by molar-refractivity contribution is 6.30. The Morgan fingerprint density at radius 3 is 2.48 bits per heavy atom. The van der Waals surface area contributed by atoms with Gasteiger partial charge >= 0.3 is 0 Å². The molecule has 1 aliphatic rings. The fourth-order valence-corrected chi connectivity index (χ4v) is 3.76. The van der Waals surface area contributed by atoms with Gasteiger partial charge in [0.05, 0.1) is 0 Å². The fourth-order valence-electron chi connectivity index (χ4n) is 3.63. The van der Waals surface area contributed by atoms with E-state index in [9.17, 15) is 14.0 Å². The maximum absolute atomic E-state index is 13.5. The second kappa shape index (κ2) is 7.29. The van der Waals surface area contributed by atoms with Crippen LogP contribution in [0.4, 0.5) is 15.8 Å². The van der Waals surface area contributed by atoms with Gasteiger partial charge in [-0.25, -0.2) is 4.39 Å². The number of fused-ring (bicyclic) bond motifs is 1. The highest BCUT2D eigenvalue weighted by Gasteiger charge is 2.54. The van der Waals surface area contributed by atoms with E-state index in [1.54, 1.807) is 42.0 Å². The molecule has 0 spiro atoms. The number of carbonyl (C=O) groups is 2. The van der Waals surface area contributed by atoms with Crippen LogP contribution in [0.25, 0.3) is 0 Å². The summed E-state index contributed by atoms with van der Waals surface area (Å²) in [6.45, 7) is 1.77. The molecule has 1 aromatic heterocycles. The monoisotopic (exact) mass is 410 g/mol. The predicted molar refractivity (Wildman–Crippen MR) is 108 cm³/mol. The molecule has 1 atom stereocenters. The summed E-state index contributed by atoms with van der Waals surface area (Å²) in [4.78, 5) is 28.0. The summed E-state index contributed by atoms with van der Waals surface area (Å²) in [5.41, 5.74) is 0.296. The van der Waals surface area contributed by atoms with Crippen LogP contribution in [0, 0.1) is 5.82 Å². The number of hydrogen-bond donors (Lipinski definition) is 1. The van der Waals surface area contributed by atoms with Crippen molar-refractivity contribution in [2.75, 3.05) is 10.2 Å². The minimum Gasteiger partial charge on any atom is -0.324 e. The summed E-state index contributed by atoms with van der Waals surface area (Å²) < 4.78 is 15.2. The fraction of sp³-hybridized carbons (Fsp3) is 0.136. The first-order valence-electron chi connectivity index (χ1n) is 9.04. The second-order valence-corrected chi connectivity index (χ2v) is 7.39. The summed E-state index contributed by atoms with van der Waals surface area (Å²) in [5.74, 6) is -1.08. The summed E-state index contributed by atoms with van der Waals surface area (Å²) >= 11 is 5.93. The molecule has 1 N–H and O–H groups in total. The summed E-state index contributed by atoms with van der Waals surface area (Å²) in [6, 6.07) is 17.7. The highest BCUT2D eigenvalue weighted by atomic mass is 35.5. The quantitative estimate of drug-likeness (QED) is 0.670. The first-order chi connectivity index (χ1) is 13.9. The number of nitrogens with zero attached hydrogens (tertiary/aromatic N) is 2. The standard InChI is InChI=1S/C22H17ClFN3O2/c1-22(21(29)25-17-9-5-15(23)6-10-17)19-4-2-3-13-26(19)14-20(28)27(22)18-11-7-16(24)8-12-18/h2-13H,14H2,1H3/p+1/t22-/m0/s1. The maximum atomic E-state index is 13.5. The number of benzene rings is 2. The Labute approximate surface area is 172 Å². The van der Waals surface area contributed by atoms with E-state index in [0.29, 0.717) is 22.1 Å². The van der Waals surface area contributed by atoms with Gasteiger partial charge in [0.1, 0.15) is 5.82 Å². The molecule has 29 heavy (non-hydrogen) atoms. The molecule has 0 aliphatic carbocycles. The van der Waals surface area contributed by atoms with Crippen LogP contribution >= 0.6 is 11.6 Å². The third-order valence-electron chi connectivity index (χ3n) is 5.07. The lowest BCUT2D eigenvalue weighted by molar-refractivity contribution is -0.697. The zero-order valence-corrected chi connectivity index (χ0v) is 16.4. The number of halogens is 2. The number of carbonyl (C=O) groups excluding carboxylic acids is 2. The van der Waals surface area contributed by atoms with E-state index in [2.05, 4.69) is 5.32 Å². The van der Waals surface area contributed by atoms with Crippen LogP contribution in [0.5, 0.6) is 0 Å². The molecule has 0 saturated carbocycles. The van der Waals surface area contributed by atoms with Crippen LogP contribution in [0.2, 0.25) is 5.02 Å². The van der Waals surface area contributed by atoms with Gasteiger partial charge in [0.2, 0.25) is 17.8 Å². The molecule has 2 amide bonds. The van der Waals surface area contributed by atoms with Gasteiger partial charge in [-0.3, -0.25) is 14.5 Å². The lowest BCUT2D eigenvalue weighted by Crippen LogP contribution is -2.67. The van der Waals surface area contributed by atoms with E-state index in [-0.39, 0.29) is 12.5 Å². The highest BCUT2D eigenvalue weighted by Crippen LogP contribution is 2.35. The minimum absolute atomic E-state index is 0.0807. The molecule has 0 radical (unpaired) electrons. The Balaban J connectivity index is 1.83. The van der Waals surface area contributed by atoms with Crippen molar-refractivity contribution in [2.45, 2.75) is 19.0 Å². The molecule has 3 aromatic rings. The summed E-state index contributed by atoms with van der Waals surface area (Å²) in [5, 5.41) is 3.42. The molecule has 1 aliphatic heterocycles. The van der Waals surface area contributed by atoms with Gasteiger partial charge in [-0.05, 0) is 55.5 Å². The van der Waals surface area contributed by atoms with Gasteiger partial charge in [0.15, 0.2) is 6.20 Å². The van der Waals surface area contributed by atoms with Crippen molar-refractivity contribution >= 4 is 34.8 Å². The molecule has 2 aromatic carbocycles. The van der Waals surface area contributed by atoms with E-state index >= 15 is 0 Å². The van der Waals surface area contributed by atoms with Crippen LogP contribution in [0.3, 0.4) is 0 Å². The Bertz CT molecular complexity index is 1090. The van der Waals surface area contributed by atoms with Gasteiger partial charge < -0.3 is 5.32 Å². The molecule has 4 rings (SSSR count).